The summed E-state index contributed by atoms with van der Waals surface area (Å²) in [7, 11) is 5.56. The molecule has 0 radical (unpaired) electrons. The summed E-state index contributed by atoms with van der Waals surface area (Å²) in [4.78, 5) is 14.6. The molecule has 1 aromatic rings. The number of hydrogen-bond donors (Lipinski definition) is 0. The molecule has 0 aromatic heterocycles. The lowest BCUT2D eigenvalue weighted by atomic mass is 9.92. The Balaban J connectivity index is 1.70. The third-order valence-electron chi connectivity index (χ3n) is 5.33. The van der Waals surface area contributed by atoms with Crippen LogP contribution in [0.15, 0.2) is 24.3 Å². The molecule has 6 nitrogen and oxygen atoms in total. The zero-order valence-corrected chi connectivity index (χ0v) is 18.0. The molecule has 0 N–H and O–H groups in total. The quantitative estimate of drug-likeness (QED) is 0.330. The first kappa shape index (κ1) is 23.1. The first-order valence-electron chi connectivity index (χ1n) is 10.1. The number of unbranched alkanes of at least 4 members (excludes halogenated alkanes) is 2. The third-order valence-corrected chi connectivity index (χ3v) is 5.58. The van der Waals surface area contributed by atoms with Crippen molar-refractivity contribution in [1.29, 1.82) is 0 Å². The molecular weight excluding hydrogens is 380 g/mol. The van der Waals surface area contributed by atoms with Gasteiger partial charge in [0.25, 0.3) is 0 Å². The molecule has 1 aliphatic carbocycles. The van der Waals surface area contributed by atoms with Crippen molar-refractivity contribution >= 4 is 17.7 Å². The van der Waals surface area contributed by atoms with Gasteiger partial charge in [0.2, 0.25) is 0 Å². The number of rotatable bonds is 9. The van der Waals surface area contributed by atoms with Crippen LogP contribution in [-0.2, 0) is 4.74 Å². The summed E-state index contributed by atoms with van der Waals surface area (Å²) < 4.78 is 10.2. The molecule has 0 aliphatic heterocycles. The summed E-state index contributed by atoms with van der Waals surface area (Å²) in [5.74, 6) is 0.334. The Morgan fingerprint density at radius 2 is 1.79 bits per heavy atom. The maximum atomic E-state index is 12.9. The number of halogens is 1. The van der Waals surface area contributed by atoms with Crippen LogP contribution >= 0.6 is 11.6 Å². The van der Waals surface area contributed by atoms with Crippen LogP contribution in [0.1, 0.15) is 44.9 Å². The van der Waals surface area contributed by atoms with E-state index >= 15 is 0 Å². The van der Waals surface area contributed by atoms with Gasteiger partial charge in [-0.2, -0.15) is 4.79 Å². The standard InChI is InChI=1S/C21H33ClN2O4/c1-23(2)15-5-4-6-16-27-19-13-9-18(10-14-19)24(3,26)21(25)28-20-11-7-17(22)8-12-20/h7-8,11-12,18-19H,4-6,9-10,13-16H2,1-3H3. The molecule has 1 saturated carbocycles. The van der Waals surface area contributed by atoms with Crippen LogP contribution in [0.5, 0.6) is 5.75 Å². The molecule has 0 spiro atoms. The summed E-state index contributed by atoms with van der Waals surface area (Å²) in [6.45, 7) is 1.88. The van der Waals surface area contributed by atoms with E-state index in [2.05, 4.69) is 19.0 Å². The molecule has 1 unspecified atom stereocenters. The highest BCUT2D eigenvalue weighted by atomic mass is 35.5. The summed E-state index contributed by atoms with van der Waals surface area (Å²) in [6.07, 6.45) is 5.78. The van der Waals surface area contributed by atoms with Gasteiger partial charge < -0.3 is 19.6 Å². The smallest absolute Gasteiger partial charge is 0.521 e. The van der Waals surface area contributed by atoms with Gasteiger partial charge in [-0.15, -0.1) is 0 Å². The van der Waals surface area contributed by atoms with Gasteiger partial charge in [-0.1, -0.05) is 11.6 Å². The Hall–Kier alpha value is -1.18. The van der Waals surface area contributed by atoms with Gasteiger partial charge in [-0.3, -0.25) is 4.65 Å². The number of quaternary nitrogens is 1. The van der Waals surface area contributed by atoms with Crippen LogP contribution in [0.2, 0.25) is 5.02 Å². The van der Waals surface area contributed by atoms with Gasteiger partial charge in [0, 0.05) is 24.5 Å². The molecule has 0 saturated heterocycles. The van der Waals surface area contributed by atoms with Crippen molar-refractivity contribution in [3.05, 3.63) is 34.5 Å². The summed E-state index contributed by atoms with van der Waals surface area (Å²) in [5.41, 5.74) is 0. The van der Waals surface area contributed by atoms with Crippen molar-refractivity contribution in [2.24, 2.45) is 0 Å². The number of carbonyl (C=O) groups is 1. The number of amides is 1. The minimum atomic E-state index is -1.01. The molecule has 0 heterocycles. The average Bonchev–Trinajstić information content (AvgIpc) is 2.66. The highest BCUT2D eigenvalue weighted by Crippen LogP contribution is 2.29. The SMILES string of the molecule is CN(C)CCCCCOC1CCC([N+](C)([O-])C(=O)Oc2ccc(Cl)cc2)CC1. The van der Waals surface area contributed by atoms with Crippen molar-refractivity contribution in [2.45, 2.75) is 57.1 Å². The lowest BCUT2D eigenvalue weighted by Crippen LogP contribution is -2.54. The average molecular weight is 413 g/mol. The van der Waals surface area contributed by atoms with Gasteiger partial charge in [0.05, 0.1) is 19.2 Å². The first-order valence-corrected chi connectivity index (χ1v) is 10.5. The normalized spacial score (nSPS) is 22.1. The van der Waals surface area contributed by atoms with Gasteiger partial charge in [-0.25, -0.2) is 0 Å². The fourth-order valence-electron chi connectivity index (χ4n) is 3.50. The second-order valence-corrected chi connectivity index (χ2v) is 8.41. The van der Waals surface area contributed by atoms with Crippen LogP contribution < -0.4 is 4.74 Å². The molecule has 1 aliphatic rings. The largest absolute Gasteiger partial charge is 0.622 e. The topological polar surface area (TPSA) is 61.8 Å². The lowest BCUT2D eigenvalue weighted by Gasteiger charge is -2.43. The van der Waals surface area contributed by atoms with Gasteiger partial charge >= 0.3 is 6.09 Å². The predicted molar refractivity (Wildman–Crippen MR) is 111 cm³/mol. The van der Waals surface area contributed by atoms with Crippen LogP contribution in [-0.4, -0.2) is 62.1 Å². The Kier molecular flexibility index (Phi) is 9.18. The molecule has 2 rings (SSSR count). The summed E-state index contributed by atoms with van der Waals surface area (Å²) in [6, 6.07) is 6.14. The molecule has 1 fully saturated rings. The zero-order valence-electron chi connectivity index (χ0n) is 17.2. The maximum Gasteiger partial charge on any atom is 0.521 e. The summed E-state index contributed by atoms with van der Waals surface area (Å²) >= 11 is 5.83. The molecule has 0 bridgehead atoms. The third kappa shape index (κ3) is 7.33. The fourth-order valence-corrected chi connectivity index (χ4v) is 3.63. The van der Waals surface area contributed by atoms with E-state index < -0.39 is 10.7 Å². The Morgan fingerprint density at radius 3 is 2.39 bits per heavy atom. The highest BCUT2D eigenvalue weighted by molar-refractivity contribution is 6.30. The highest BCUT2D eigenvalue weighted by Gasteiger charge is 2.37. The molecule has 158 valence electrons. The van der Waals surface area contributed by atoms with Crippen LogP contribution in [0.3, 0.4) is 0 Å². The Labute approximate surface area is 173 Å². The fraction of sp³-hybridized carbons (Fsp3) is 0.667. The molecule has 1 aromatic carbocycles. The van der Waals surface area contributed by atoms with E-state index in [-0.39, 0.29) is 12.1 Å². The Morgan fingerprint density at radius 1 is 1.14 bits per heavy atom. The monoisotopic (exact) mass is 412 g/mol. The van der Waals surface area contributed by atoms with Crippen LogP contribution in [0.25, 0.3) is 0 Å². The number of benzene rings is 1. The number of nitrogens with zero attached hydrogens (tertiary/aromatic N) is 2. The molecule has 1 atom stereocenters. The van der Waals surface area contributed by atoms with Crippen LogP contribution in [0.4, 0.5) is 4.79 Å². The second kappa shape index (κ2) is 11.1. The minimum Gasteiger partial charge on any atom is -0.622 e. The van der Waals surface area contributed by atoms with Crippen molar-refractivity contribution in [3.63, 3.8) is 0 Å². The molecule has 28 heavy (non-hydrogen) atoms. The number of hydroxylamine groups is 3. The van der Waals surface area contributed by atoms with E-state index in [4.69, 9.17) is 21.1 Å². The predicted octanol–water partition coefficient (Wildman–Crippen LogP) is 4.84. The van der Waals surface area contributed by atoms with Crippen molar-refractivity contribution in [1.82, 2.24) is 4.90 Å². The van der Waals surface area contributed by atoms with E-state index in [1.54, 1.807) is 24.3 Å². The van der Waals surface area contributed by atoms with E-state index in [0.717, 1.165) is 32.4 Å². The van der Waals surface area contributed by atoms with E-state index in [9.17, 15) is 10.0 Å². The lowest BCUT2D eigenvalue weighted by molar-refractivity contribution is -0.814. The van der Waals surface area contributed by atoms with Crippen molar-refractivity contribution < 1.29 is 18.9 Å². The molecule has 7 heteroatoms. The summed E-state index contributed by atoms with van der Waals surface area (Å²) in [5, 5.41) is 13.5. The molecular formula is C21H33ClN2O4. The van der Waals surface area contributed by atoms with Crippen LogP contribution in [0, 0.1) is 5.21 Å². The van der Waals surface area contributed by atoms with Gasteiger partial charge in [0.15, 0.2) is 0 Å². The van der Waals surface area contributed by atoms with E-state index in [0.29, 0.717) is 23.6 Å². The zero-order chi connectivity index (χ0) is 20.6. The van der Waals surface area contributed by atoms with E-state index in [1.165, 1.54) is 19.9 Å². The van der Waals surface area contributed by atoms with E-state index in [1.807, 2.05) is 0 Å². The number of carbonyl (C=O) groups excluding carboxylic acids is 1. The van der Waals surface area contributed by atoms with Crippen molar-refractivity contribution in [3.8, 4) is 5.75 Å². The number of ether oxygens (including phenoxy) is 2. The maximum absolute atomic E-state index is 12.9. The van der Waals surface area contributed by atoms with Gasteiger partial charge in [0.1, 0.15) is 5.75 Å². The minimum absolute atomic E-state index is 0.192. The van der Waals surface area contributed by atoms with Crippen molar-refractivity contribution in [2.75, 3.05) is 34.3 Å². The molecule has 1 amide bonds. The first-order chi connectivity index (χ1) is 13.3. The second-order valence-electron chi connectivity index (χ2n) is 7.98. The Bertz CT molecular complexity index is 599. The number of hydrogen-bond acceptors (Lipinski definition) is 5. The van der Waals surface area contributed by atoms with Gasteiger partial charge in [-0.05, 0) is 77.0 Å².